The number of ether oxygens (including phenoxy) is 2. The van der Waals surface area contributed by atoms with Crippen LogP contribution in [-0.2, 0) is 41.2 Å². The van der Waals surface area contributed by atoms with Crippen LogP contribution in [0.15, 0.2) is 60.7 Å². The minimum absolute atomic E-state index is 0.0423. The van der Waals surface area contributed by atoms with Gasteiger partial charge in [-0.1, -0.05) is 41.9 Å². The molecule has 0 aromatic heterocycles. The molecule has 0 saturated carbocycles. The van der Waals surface area contributed by atoms with E-state index in [9.17, 15) is 22.4 Å². The van der Waals surface area contributed by atoms with E-state index in [0.29, 0.717) is 5.75 Å². The fraction of sp³-hybridized carbons (Fsp3) is 0.321. The average Bonchev–Trinajstić information content (AvgIpc) is 2.87. The first-order chi connectivity index (χ1) is 18.4. The molecular formula is C28H24ClF6NO3. The number of cyclic esters (lactones) is 1. The van der Waals surface area contributed by atoms with Gasteiger partial charge in [-0.05, 0) is 53.4 Å². The molecule has 0 saturated heterocycles. The molecule has 0 N–H and O–H groups in total. The summed E-state index contributed by atoms with van der Waals surface area (Å²) in [5.74, 6) is -3.94. The number of esters is 1. The maximum atomic E-state index is 15.1. The monoisotopic (exact) mass is 571 g/mol. The van der Waals surface area contributed by atoms with E-state index in [2.05, 4.69) is 0 Å². The zero-order valence-electron chi connectivity index (χ0n) is 20.5. The number of benzene rings is 3. The van der Waals surface area contributed by atoms with Crippen molar-refractivity contribution in [1.29, 1.82) is 0 Å². The first-order valence-corrected chi connectivity index (χ1v) is 12.4. The summed E-state index contributed by atoms with van der Waals surface area (Å²) in [6.07, 6.45) is -4.32. The molecule has 0 atom stereocenters. The Kier molecular flexibility index (Phi) is 8.76. The lowest BCUT2D eigenvalue weighted by atomic mass is 10.0. The Labute approximate surface area is 226 Å². The highest BCUT2D eigenvalue weighted by molar-refractivity contribution is 6.32. The molecule has 4 rings (SSSR count). The van der Waals surface area contributed by atoms with Crippen LogP contribution in [0.3, 0.4) is 0 Å². The van der Waals surface area contributed by atoms with Gasteiger partial charge in [0.1, 0.15) is 18.2 Å². The van der Waals surface area contributed by atoms with Gasteiger partial charge in [-0.25, -0.2) is 4.39 Å². The fourth-order valence-corrected chi connectivity index (χ4v) is 4.57. The summed E-state index contributed by atoms with van der Waals surface area (Å²) >= 11 is 6.02. The molecule has 4 nitrogen and oxygen atoms in total. The lowest BCUT2D eigenvalue weighted by molar-refractivity contribution is -0.145. The van der Waals surface area contributed by atoms with Gasteiger partial charge in [0.2, 0.25) is 0 Å². The molecule has 0 amide bonds. The zero-order valence-corrected chi connectivity index (χ0v) is 21.3. The molecule has 1 heterocycles. The van der Waals surface area contributed by atoms with E-state index in [-0.39, 0.29) is 50.7 Å². The molecule has 0 fully saturated rings. The van der Waals surface area contributed by atoms with Crippen molar-refractivity contribution in [3.63, 3.8) is 0 Å². The molecule has 1 aliphatic rings. The Morgan fingerprint density at radius 1 is 0.974 bits per heavy atom. The molecule has 3 aromatic carbocycles. The second kappa shape index (κ2) is 11.9. The second-order valence-electron chi connectivity index (χ2n) is 9.17. The number of fused-ring (bicyclic) bond motifs is 1. The van der Waals surface area contributed by atoms with Gasteiger partial charge >= 0.3 is 12.1 Å². The van der Waals surface area contributed by atoms with Gasteiger partial charge in [0.25, 0.3) is 5.92 Å². The van der Waals surface area contributed by atoms with Crippen LogP contribution in [0, 0.1) is 5.82 Å². The molecule has 0 aliphatic carbocycles. The fourth-order valence-electron chi connectivity index (χ4n) is 4.28. The van der Waals surface area contributed by atoms with Gasteiger partial charge < -0.3 is 9.47 Å². The van der Waals surface area contributed by atoms with E-state index in [1.54, 1.807) is 18.2 Å². The molecule has 1 aliphatic heterocycles. The van der Waals surface area contributed by atoms with Crippen molar-refractivity contribution in [2.45, 2.75) is 38.1 Å². The predicted octanol–water partition coefficient (Wildman–Crippen LogP) is 7.16. The number of rotatable bonds is 10. The lowest BCUT2D eigenvalue weighted by Gasteiger charge is -2.28. The number of nitrogens with zero attached hydrogens (tertiary/aromatic N) is 1. The van der Waals surface area contributed by atoms with Crippen LogP contribution in [-0.4, -0.2) is 30.6 Å². The van der Waals surface area contributed by atoms with Crippen LogP contribution in [0.1, 0.15) is 34.2 Å². The van der Waals surface area contributed by atoms with Gasteiger partial charge in [0.15, 0.2) is 0 Å². The van der Waals surface area contributed by atoms with Gasteiger partial charge in [0, 0.05) is 18.7 Å². The molecule has 39 heavy (non-hydrogen) atoms. The van der Waals surface area contributed by atoms with Crippen LogP contribution >= 0.6 is 11.6 Å². The minimum Gasteiger partial charge on any atom is -0.494 e. The number of alkyl halides is 5. The van der Waals surface area contributed by atoms with E-state index >= 15 is 8.78 Å². The van der Waals surface area contributed by atoms with E-state index in [0.717, 1.165) is 41.5 Å². The van der Waals surface area contributed by atoms with Gasteiger partial charge in [-0.2, -0.15) is 22.0 Å². The molecule has 0 radical (unpaired) electrons. The maximum absolute atomic E-state index is 15.1. The summed E-state index contributed by atoms with van der Waals surface area (Å²) < 4.78 is 94.3. The van der Waals surface area contributed by atoms with Crippen molar-refractivity contribution >= 4 is 17.6 Å². The maximum Gasteiger partial charge on any atom is 0.417 e. The largest absolute Gasteiger partial charge is 0.494 e. The van der Waals surface area contributed by atoms with E-state index in [1.807, 2.05) is 0 Å². The smallest absolute Gasteiger partial charge is 0.417 e. The first kappa shape index (κ1) is 28.8. The predicted molar refractivity (Wildman–Crippen MR) is 132 cm³/mol. The highest BCUT2D eigenvalue weighted by Crippen LogP contribution is 2.37. The van der Waals surface area contributed by atoms with Crippen molar-refractivity contribution in [3.05, 3.63) is 99.3 Å². The van der Waals surface area contributed by atoms with Gasteiger partial charge in [-0.15, -0.1) is 0 Å². The molecule has 11 heteroatoms. The minimum atomic E-state index is -4.70. The summed E-state index contributed by atoms with van der Waals surface area (Å²) in [5, 5.41) is -0.552. The molecule has 208 valence electrons. The first-order valence-electron chi connectivity index (χ1n) is 12.0. The average molecular weight is 572 g/mol. The Balaban J connectivity index is 1.47. The SMILES string of the molecule is O=C1Cc2cc(OCCCN(Cc3cccc(C(F)(F)F)c3Cl)CC(F)(F)c3ccc(F)cc3)ccc2CO1. The summed E-state index contributed by atoms with van der Waals surface area (Å²) in [4.78, 5) is 12.8. The Bertz CT molecular complexity index is 1310. The number of carbonyl (C=O) groups is 1. The van der Waals surface area contributed by atoms with Crippen molar-refractivity contribution in [1.82, 2.24) is 4.90 Å². The number of hydrogen-bond acceptors (Lipinski definition) is 4. The van der Waals surface area contributed by atoms with Crippen LogP contribution in [0.5, 0.6) is 5.75 Å². The zero-order chi connectivity index (χ0) is 28.2. The van der Waals surface area contributed by atoms with Crippen LogP contribution < -0.4 is 4.74 Å². The topological polar surface area (TPSA) is 38.8 Å². The third kappa shape index (κ3) is 7.45. The van der Waals surface area contributed by atoms with Crippen LogP contribution in [0.2, 0.25) is 5.02 Å². The Morgan fingerprint density at radius 2 is 1.72 bits per heavy atom. The molecular weight excluding hydrogens is 548 g/mol. The van der Waals surface area contributed by atoms with Crippen molar-refractivity contribution in [3.8, 4) is 5.75 Å². The van der Waals surface area contributed by atoms with E-state index < -0.39 is 40.6 Å². The third-order valence-electron chi connectivity index (χ3n) is 6.26. The third-order valence-corrected chi connectivity index (χ3v) is 6.70. The summed E-state index contributed by atoms with van der Waals surface area (Å²) in [6, 6.07) is 12.4. The van der Waals surface area contributed by atoms with Crippen molar-refractivity contribution in [2.75, 3.05) is 19.7 Å². The van der Waals surface area contributed by atoms with Crippen LogP contribution in [0.4, 0.5) is 26.3 Å². The number of halogens is 7. The van der Waals surface area contributed by atoms with Gasteiger partial charge in [0.05, 0.1) is 30.2 Å². The van der Waals surface area contributed by atoms with Crippen LogP contribution in [0.25, 0.3) is 0 Å². The van der Waals surface area contributed by atoms with E-state index in [4.69, 9.17) is 21.1 Å². The number of carbonyl (C=O) groups excluding carboxylic acids is 1. The normalized spacial score (nSPS) is 13.8. The van der Waals surface area contributed by atoms with E-state index in [1.165, 1.54) is 17.0 Å². The Hall–Kier alpha value is -3.24. The highest BCUT2D eigenvalue weighted by atomic mass is 35.5. The molecule has 0 unspecified atom stereocenters. The van der Waals surface area contributed by atoms with Crippen molar-refractivity contribution in [2.24, 2.45) is 0 Å². The summed E-state index contributed by atoms with van der Waals surface area (Å²) in [6.45, 7) is -0.769. The standard InChI is InChI=1S/C28H24ClF6NO3/c29-26-18(3-1-4-24(26)28(33,34)35)15-36(17-27(31,32)21-6-8-22(30)9-7-21)11-2-12-38-23-10-5-19-16-39-25(37)14-20(19)13-23/h1,3-10,13H,2,11-12,14-17H2. The molecule has 0 spiro atoms. The van der Waals surface area contributed by atoms with Gasteiger partial charge in [-0.3, -0.25) is 9.69 Å². The second-order valence-corrected chi connectivity index (χ2v) is 9.55. The lowest BCUT2D eigenvalue weighted by Crippen LogP contribution is -2.36. The number of hydrogen-bond donors (Lipinski definition) is 0. The summed E-state index contributed by atoms with van der Waals surface area (Å²) in [7, 11) is 0. The molecule has 3 aromatic rings. The highest BCUT2D eigenvalue weighted by Gasteiger charge is 2.36. The summed E-state index contributed by atoms with van der Waals surface area (Å²) in [5.41, 5.74) is 0.223. The quantitative estimate of drug-likeness (QED) is 0.147. The van der Waals surface area contributed by atoms with Crippen molar-refractivity contribution < 1.29 is 40.6 Å². The molecule has 0 bridgehead atoms. The Morgan fingerprint density at radius 3 is 2.44 bits per heavy atom.